The van der Waals surface area contributed by atoms with Gasteiger partial charge >= 0.3 is 6.03 Å². The van der Waals surface area contributed by atoms with Crippen LogP contribution in [0.3, 0.4) is 0 Å². The zero-order chi connectivity index (χ0) is 15.9. The van der Waals surface area contributed by atoms with Gasteiger partial charge in [0.1, 0.15) is 6.10 Å². The van der Waals surface area contributed by atoms with E-state index in [9.17, 15) is 14.3 Å². The molecule has 0 unspecified atom stereocenters. The molecule has 0 aliphatic carbocycles. The fourth-order valence-corrected chi connectivity index (χ4v) is 2.58. The molecule has 2 atom stereocenters. The molecule has 1 heterocycles. The van der Waals surface area contributed by atoms with Crippen molar-refractivity contribution in [2.45, 2.75) is 38.3 Å². The number of para-hydroxylation sites is 1. The first kappa shape index (κ1) is 16.5. The monoisotopic (exact) mass is 310 g/mol. The number of nitrogens with zero attached hydrogens (tertiary/aromatic N) is 1. The average molecular weight is 310 g/mol. The third-order valence-electron chi connectivity index (χ3n) is 3.92. The number of likely N-dealkylation sites (tertiary alicyclic amines) is 1. The Kier molecular flexibility index (Phi) is 6.00. The van der Waals surface area contributed by atoms with Gasteiger partial charge < -0.3 is 20.1 Å². The van der Waals surface area contributed by atoms with E-state index in [4.69, 9.17) is 4.74 Å². The van der Waals surface area contributed by atoms with Crippen molar-refractivity contribution in [2.75, 3.05) is 19.7 Å². The Bertz CT molecular complexity index is 498. The Balaban J connectivity index is 1.86. The van der Waals surface area contributed by atoms with Crippen LogP contribution in [-0.4, -0.2) is 47.9 Å². The minimum Gasteiger partial charge on any atom is -0.486 e. The predicted molar refractivity (Wildman–Crippen MR) is 81.3 cm³/mol. The first-order valence-electron chi connectivity index (χ1n) is 7.72. The van der Waals surface area contributed by atoms with Crippen LogP contribution in [0.4, 0.5) is 9.18 Å². The molecule has 22 heavy (non-hydrogen) atoms. The number of halogens is 1. The molecule has 1 aliphatic heterocycles. The predicted octanol–water partition coefficient (Wildman–Crippen LogP) is 2.15. The van der Waals surface area contributed by atoms with Gasteiger partial charge in [0.2, 0.25) is 0 Å². The van der Waals surface area contributed by atoms with Crippen LogP contribution in [0.25, 0.3) is 0 Å². The van der Waals surface area contributed by atoms with Crippen LogP contribution < -0.4 is 10.1 Å². The maximum atomic E-state index is 13.6. The summed E-state index contributed by atoms with van der Waals surface area (Å²) in [6.07, 6.45) is 2.09. The molecule has 6 heteroatoms. The maximum absolute atomic E-state index is 13.6. The molecule has 122 valence electrons. The lowest BCUT2D eigenvalue weighted by Crippen LogP contribution is -2.46. The first-order valence-corrected chi connectivity index (χ1v) is 7.72. The lowest BCUT2D eigenvalue weighted by atomic mass is 10.2. The van der Waals surface area contributed by atoms with E-state index in [-0.39, 0.29) is 30.5 Å². The number of carbonyl (C=O) groups is 1. The molecule has 2 rings (SSSR count). The zero-order valence-corrected chi connectivity index (χ0v) is 12.8. The maximum Gasteiger partial charge on any atom is 0.317 e. The summed E-state index contributed by atoms with van der Waals surface area (Å²) in [5.74, 6) is -0.217. The Morgan fingerprint density at radius 3 is 3.00 bits per heavy atom. The van der Waals surface area contributed by atoms with Crippen LogP contribution in [0.1, 0.15) is 26.2 Å². The molecule has 0 bridgehead atoms. The summed E-state index contributed by atoms with van der Waals surface area (Å²) in [7, 11) is 0. The molecule has 1 saturated heterocycles. The van der Waals surface area contributed by atoms with E-state index >= 15 is 0 Å². The summed E-state index contributed by atoms with van der Waals surface area (Å²) in [6.45, 7) is 2.86. The van der Waals surface area contributed by atoms with Crippen LogP contribution >= 0.6 is 0 Å². The highest BCUT2D eigenvalue weighted by Crippen LogP contribution is 2.19. The second-order valence-corrected chi connectivity index (χ2v) is 5.44. The van der Waals surface area contributed by atoms with E-state index < -0.39 is 5.82 Å². The molecule has 2 amide bonds. The largest absolute Gasteiger partial charge is 0.486 e. The highest BCUT2D eigenvalue weighted by Gasteiger charge is 2.28. The lowest BCUT2D eigenvalue weighted by molar-refractivity contribution is 0.147. The minimum atomic E-state index is -0.410. The molecule has 5 nitrogen and oxygen atoms in total. The third-order valence-corrected chi connectivity index (χ3v) is 3.92. The van der Waals surface area contributed by atoms with Crippen LogP contribution in [-0.2, 0) is 0 Å². The Hall–Kier alpha value is -1.82. The highest BCUT2D eigenvalue weighted by atomic mass is 19.1. The van der Waals surface area contributed by atoms with Gasteiger partial charge in [-0.2, -0.15) is 0 Å². The average Bonchev–Trinajstić information content (AvgIpc) is 3.01. The van der Waals surface area contributed by atoms with E-state index in [1.54, 1.807) is 23.1 Å². The molecule has 0 radical (unpaired) electrons. The van der Waals surface area contributed by atoms with Crippen molar-refractivity contribution >= 4 is 6.03 Å². The van der Waals surface area contributed by atoms with Gasteiger partial charge in [0, 0.05) is 6.54 Å². The van der Waals surface area contributed by atoms with Crippen molar-refractivity contribution in [1.82, 2.24) is 10.2 Å². The second-order valence-electron chi connectivity index (χ2n) is 5.44. The summed E-state index contributed by atoms with van der Waals surface area (Å²) in [4.78, 5) is 13.8. The number of ether oxygens (including phenoxy) is 1. The van der Waals surface area contributed by atoms with E-state index in [1.165, 1.54) is 6.07 Å². The quantitative estimate of drug-likeness (QED) is 0.846. The van der Waals surface area contributed by atoms with E-state index in [2.05, 4.69) is 5.32 Å². The molecule has 1 aromatic carbocycles. The summed E-state index contributed by atoms with van der Waals surface area (Å²) in [5.41, 5.74) is 0. The summed E-state index contributed by atoms with van der Waals surface area (Å²) >= 11 is 0. The number of benzene rings is 1. The fraction of sp³-hybridized carbons (Fsp3) is 0.562. The van der Waals surface area contributed by atoms with E-state index in [1.807, 2.05) is 6.92 Å². The number of hydrogen-bond donors (Lipinski definition) is 2. The van der Waals surface area contributed by atoms with Gasteiger partial charge in [0.15, 0.2) is 11.6 Å². The molecule has 0 saturated carbocycles. The van der Waals surface area contributed by atoms with Crippen molar-refractivity contribution < 1.29 is 19.0 Å². The SMILES string of the molecule is CC[C@@H](CNC(=O)N1CCC[C@@H]1CO)Oc1ccccc1F. The van der Waals surface area contributed by atoms with Gasteiger partial charge in [-0.1, -0.05) is 19.1 Å². The van der Waals surface area contributed by atoms with Crippen LogP contribution in [0, 0.1) is 5.82 Å². The number of hydrogen-bond acceptors (Lipinski definition) is 3. The number of aliphatic hydroxyl groups is 1. The van der Waals surface area contributed by atoms with Gasteiger partial charge in [0.05, 0.1) is 19.2 Å². The first-order chi connectivity index (χ1) is 10.7. The van der Waals surface area contributed by atoms with Crippen LogP contribution in [0.5, 0.6) is 5.75 Å². The second kappa shape index (κ2) is 7.98. The van der Waals surface area contributed by atoms with Gasteiger partial charge in [-0.3, -0.25) is 0 Å². The fourth-order valence-electron chi connectivity index (χ4n) is 2.58. The summed E-state index contributed by atoms with van der Waals surface area (Å²) in [5, 5.41) is 12.1. The molecule has 0 aromatic heterocycles. The molecule has 2 N–H and O–H groups in total. The van der Waals surface area contributed by atoms with Crippen molar-refractivity contribution in [3.05, 3.63) is 30.1 Å². The van der Waals surface area contributed by atoms with Crippen molar-refractivity contribution in [2.24, 2.45) is 0 Å². The molecule has 1 aliphatic rings. The van der Waals surface area contributed by atoms with Crippen molar-refractivity contribution in [3.8, 4) is 5.75 Å². The van der Waals surface area contributed by atoms with Crippen molar-refractivity contribution in [3.63, 3.8) is 0 Å². The minimum absolute atomic E-state index is 0.0175. The molecule has 1 fully saturated rings. The van der Waals surface area contributed by atoms with Crippen LogP contribution in [0.2, 0.25) is 0 Å². The standard InChI is InChI=1S/C16H23FN2O3/c1-2-13(22-15-8-4-3-7-14(15)17)10-18-16(21)19-9-5-6-12(19)11-20/h3-4,7-8,12-13,20H,2,5-6,9-11H2,1H3,(H,18,21)/t12-,13+/m1/s1. The smallest absolute Gasteiger partial charge is 0.317 e. The topological polar surface area (TPSA) is 61.8 Å². The molecular formula is C16H23FN2O3. The van der Waals surface area contributed by atoms with Gasteiger partial charge in [0.25, 0.3) is 0 Å². The summed E-state index contributed by atoms with van der Waals surface area (Å²) in [6, 6.07) is 5.92. The Morgan fingerprint density at radius 2 is 2.32 bits per heavy atom. The Morgan fingerprint density at radius 1 is 1.55 bits per heavy atom. The number of amides is 2. The van der Waals surface area contributed by atoms with E-state index in [0.717, 1.165) is 12.8 Å². The number of rotatable bonds is 6. The van der Waals surface area contributed by atoms with Crippen molar-refractivity contribution in [1.29, 1.82) is 0 Å². The lowest BCUT2D eigenvalue weighted by Gasteiger charge is -2.25. The highest BCUT2D eigenvalue weighted by molar-refractivity contribution is 5.74. The van der Waals surface area contributed by atoms with Crippen LogP contribution in [0.15, 0.2) is 24.3 Å². The number of urea groups is 1. The summed E-state index contributed by atoms with van der Waals surface area (Å²) < 4.78 is 19.2. The molecule has 0 spiro atoms. The Labute approximate surface area is 130 Å². The number of carbonyl (C=O) groups excluding carboxylic acids is 1. The molecule has 1 aromatic rings. The zero-order valence-electron chi connectivity index (χ0n) is 12.8. The molecular weight excluding hydrogens is 287 g/mol. The van der Waals surface area contributed by atoms with Gasteiger partial charge in [-0.15, -0.1) is 0 Å². The van der Waals surface area contributed by atoms with Gasteiger partial charge in [-0.05, 0) is 31.4 Å². The third kappa shape index (κ3) is 4.10. The number of aliphatic hydroxyl groups excluding tert-OH is 1. The normalized spacial score (nSPS) is 19.0. The number of nitrogens with one attached hydrogen (secondary N) is 1. The van der Waals surface area contributed by atoms with Gasteiger partial charge in [-0.25, -0.2) is 9.18 Å². The van der Waals surface area contributed by atoms with E-state index in [0.29, 0.717) is 19.5 Å².